The molecule has 2 saturated heterocycles. The Hall–Kier alpha value is -0.845. The Morgan fingerprint density at radius 2 is 1.81 bits per heavy atom. The van der Waals surface area contributed by atoms with Gasteiger partial charge in [0.15, 0.2) is 0 Å². The Morgan fingerprint density at radius 1 is 1.24 bits per heavy atom. The fourth-order valence-corrected chi connectivity index (χ4v) is 2.64. The van der Waals surface area contributed by atoms with Gasteiger partial charge >= 0.3 is 7.12 Å². The van der Waals surface area contributed by atoms with Crippen molar-refractivity contribution in [3.8, 4) is 0 Å². The highest BCUT2D eigenvalue weighted by Crippen LogP contribution is 2.36. The molecule has 115 valence electrons. The van der Waals surface area contributed by atoms with E-state index in [2.05, 4.69) is 39.7 Å². The van der Waals surface area contributed by atoms with E-state index in [1.54, 1.807) is 0 Å². The molecule has 5 nitrogen and oxygen atoms in total. The molecular weight excluding hydrogens is 267 g/mol. The second-order valence-corrected chi connectivity index (χ2v) is 7.45. The number of nitrogens with zero attached hydrogens (tertiary/aromatic N) is 2. The first-order valence-electron chi connectivity index (χ1n) is 7.45. The molecule has 6 heteroatoms. The number of rotatable bonds is 3. The van der Waals surface area contributed by atoms with Crippen LogP contribution in [0.2, 0.25) is 0 Å². The third-order valence-electron chi connectivity index (χ3n) is 4.81. The van der Waals surface area contributed by atoms with Crippen molar-refractivity contribution in [3.05, 3.63) is 18.8 Å². The fraction of sp³-hybridized carbons (Fsp3) is 0.733. The molecule has 2 fully saturated rings. The quantitative estimate of drug-likeness (QED) is 0.788. The first-order valence-corrected chi connectivity index (χ1v) is 7.45. The molecule has 1 aromatic heterocycles. The summed E-state index contributed by atoms with van der Waals surface area (Å²) in [5.74, 6) is 0. The van der Waals surface area contributed by atoms with E-state index in [1.807, 2.05) is 17.8 Å². The molecule has 0 N–H and O–H groups in total. The van der Waals surface area contributed by atoms with Gasteiger partial charge in [-0.15, -0.1) is 0 Å². The Bertz CT molecular complexity index is 533. The zero-order valence-corrected chi connectivity index (χ0v) is 13.6. The van der Waals surface area contributed by atoms with Gasteiger partial charge in [0.25, 0.3) is 0 Å². The molecule has 3 heterocycles. The summed E-state index contributed by atoms with van der Waals surface area (Å²) in [6.45, 7) is 16.6. The lowest BCUT2D eigenvalue weighted by atomic mass is 9.79. The maximum atomic E-state index is 6.10. The first-order chi connectivity index (χ1) is 9.62. The van der Waals surface area contributed by atoms with Gasteiger partial charge in [0.1, 0.15) is 0 Å². The Kier molecular flexibility index (Phi) is 3.28. The van der Waals surface area contributed by atoms with Crippen molar-refractivity contribution in [3.63, 3.8) is 0 Å². The molecule has 0 unspecified atom stereocenters. The van der Waals surface area contributed by atoms with Gasteiger partial charge in [0.05, 0.1) is 36.7 Å². The third-order valence-corrected chi connectivity index (χ3v) is 4.81. The lowest BCUT2D eigenvalue weighted by Crippen LogP contribution is -2.43. The first kappa shape index (κ1) is 15.1. The molecule has 0 spiro atoms. The second kappa shape index (κ2) is 4.57. The normalized spacial score (nSPS) is 25.9. The van der Waals surface area contributed by atoms with E-state index in [4.69, 9.17) is 14.0 Å². The molecule has 0 saturated carbocycles. The van der Waals surface area contributed by atoms with Gasteiger partial charge in [0, 0.05) is 17.1 Å². The van der Waals surface area contributed by atoms with Crippen LogP contribution in [0.5, 0.6) is 0 Å². The van der Waals surface area contributed by atoms with Crippen molar-refractivity contribution in [2.75, 3.05) is 13.2 Å². The SMILES string of the molecule is [CH2]C1(Cn2cc(B3OC(C)(C)C(C)(C)O3)c(C)n2)COC1. The minimum atomic E-state index is -0.359. The zero-order chi connectivity index (χ0) is 15.5. The van der Waals surface area contributed by atoms with Crippen molar-refractivity contribution in [2.24, 2.45) is 5.41 Å². The van der Waals surface area contributed by atoms with Crippen molar-refractivity contribution >= 4 is 12.6 Å². The van der Waals surface area contributed by atoms with Gasteiger partial charge < -0.3 is 14.0 Å². The molecule has 0 aliphatic carbocycles. The highest BCUT2D eigenvalue weighted by Gasteiger charge is 2.52. The predicted octanol–water partition coefficient (Wildman–Crippen LogP) is 1.34. The van der Waals surface area contributed by atoms with Crippen molar-refractivity contribution in [2.45, 2.75) is 52.4 Å². The molecule has 21 heavy (non-hydrogen) atoms. The molecule has 0 bridgehead atoms. The van der Waals surface area contributed by atoms with E-state index in [1.165, 1.54) is 0 Å². The minimum Gasteiger partial charge on any atom is -0.399 e. The average molecular weight is 291 g/mol. The topological polar surface area (TPSA) is 45.5 Å². The van der Waals surface area contributed by atoms with E-state index in [-0.39, 0.29) is 23.7 Å². The Labute approximate surface area is 127 Å². The molecule has 0 atom stereocenters. The second-order valence-electron chi connectivity index (χ2n) is 7.45. The van der Waals surface area contributed by atoms with E-state index in [0.29, 0.717) is 13.2 Å². The van der Waals surface area contributed by atoms with Crippen molar-refractivity contribution in [1.29, 1.82) is 0 Å². The maximum absolute atomic E-state index is 6.10. The Balaban J connectivity index is 1.79. The molecule has 0 aromatic carbocycles. The molecule has 0 amide bonds. The van der Waals surface area contributed by atoms with E-state index < -0.39 is 0 Å². The van der Waals surface area contributed by atoms with Crippen LogP contribution < -0.4 is 5.46 Å². The molecule has 1 radical (unpaired) electrons. The van der Waals surface area contributed by atoms with E-state index in [0.717, 1.165) is 17.7 Å². The van der Waals surface area contributed by atoms with Crippen LogP contribution in [0.1, 0.15) is 33.4 Å². The third kappa shape index (κ3) is 2.54. The summed E-state index contributed by atoms with van der Waals surface area (Å²) in [7, 11) is -0.359. The minimum absolute atomic E-state index is 0.0499. The van der Waals surface area contributed by atoms with Gasteiger partial charge in [-0.05, 0) is 41.5 Å². The van der Waals surface area contributed by atoms with Crippen LogP contribution >= 0.6 is 0 Å². The summed E-state index contributed by atoms with van der Waals surface area (Å²) >= 11 is 0. The van der Waals surface area contributed by atoms with Crippen LogP contribution in [0.15, 0.2) is 6.20 Å². The summed E-state index contributed by atoms with van der Waals surface area (Å²) in [5.41, 5.74) is 1.23. The molecule has 1 aromatic rings. The number of hydrogen-bond donors (Lipinski definition) is 0. The number of aryl methyl sites for hydroxylation is 1. The lowest BCUT2D eigenvalue weighted by Gasteiger charge is -2.37. The summed E-state index contributed by atoms with van der Waals surface area (Å²) in [6, 6.07) is 0. The Morgan fingerprint density at radius 3 is 2.29 bits per heavy atom. The summed E-state index contributed by atoms with van der Waals surface area (Å²) in [5, 5.41) is 4.58. The summed E-state index contributed by atoms with van der Waals surface area (Å²) < 4.78 is 19.4. The monoisotopic (exact) mass is 291 g/mol. The highest BCUT2D eigenvalue weighted by molar-refractivity contribution is 6.62. The fourth-order valence-electron chi connectivity index (χ4n) is 2.64. The van der Waals surface area contributed by atoms with Crippen molar-refractivity contribution < 1.29 is 14.0 Å². The van der Waals surface area contributed by atoms with Crippen molar-refractivity contribution in [1.82, 2.24) is 9.78 Å². The number of aromatic nitrogens is 2. The van der Waals surface area contributed by atoms with Crippen LogP contribution in [0.3, 0.4) is 0 Å². The largest absolute Gasteiger partial charge is 0.498 e. The van der Waals surface area contributed by atoms with Crippen LogP contribution in [-0.2, 0) is 20.6 Å². The van der Waals surface area contributed by atoms with Crippen LogP contribution in [0, 0.1) is 19.3 Å². The van der Waals surface area contributed by atoms with E-state index in [9.17, 15) is 0 Å². The molecule has 2 aliphatic rings. The summed E-state index contributed by atoms with van der Waals surface area (Å²) in [6.07, 6.45) is 2.02. The van der Waals surface area contributed by atoms with Gasteiger partial charge in [-0.25, -0.2) is 0 Å². The number of ether oxygens (including phenoxy) is 1. The maximum Gasteiger partial charge on any atom is 0.498 e. The predicted molar refractivity (Wildman–Crippen MR) is 81.3 cm³/mol. The van der Waals surface area contributed by atoms with Crippen LogP contribution in [0.25, 0.3) is 0 Å². The van der Waals surface area contributed by atoms with Gasteiger partial charge in [0.2, 0.25) is 0 Å². The van der Waals surface area contributed by atoms with Crippen LogP contribution in [0.4, 0.5) is 0 Å². The highest BCUT2D eigenvalue weighted by atomic mass is 16.7. The van der Waals surface area contributed by atoms with Gasteiger partial charge in [-0.3, -0.25) is 4.68 Å². The van der Waals surface area contributed by atoms with Gasteiger partial charge in [-0.1, -0.05) is 0 Å². The lowest BCUT2D eigenvalue weighted by molar-refractivity contribution is -0.0941. The molecular formula is C15H24BN2O3. The van der Waals surface area contributed by atoms with Gasteiger partial charge in [-0.2, -0.15) is 5.10 Å². The zero-order valence-electron chi connectivity index (χ0n) is 13.6. The standard InChI is InChI=1S/C15H24BN2O3/c1-11-12(16-20-13(2,3)14(4,5)21-16)7-18(17-11)8-15(6)9-19-10-15/h7H,6,8-10H2,1-5H3. The summed E-state index contributed by atoms with van der Waals surface area (Å²) in [4.78, 5) is 0. The molecule has 3 rings (SSSR count). The smallest absolute Gasteiger partial charge is 0.399 e. The molecule has 2 aliphatic heterocycles. The van der Waals surface area contributed by atoms with Crippen LogP contribution in [-0.4, -0.2) is 41.3 Å². The van der Waals surface area contributed by atoms with E-state index >= 15 is 0 Å². The average Bonchev–Trinajstić information content (AvgIpc) is 2.75. The number of hydrogen-bond acceptors (Lipinski definition) is 4.